The largest absolute Gasteiger partial charge is 0.466 e. The Morgan fingerprint density at radius 3 is 2.73 bits per heavy atom. The zero-order valence-corrected chi connectivity index (χ0v) is 6.97. The van der Waals surface area contributed by atoms with Crippen LogP contribution in [0.5, 0.6) is 5.75 Å². The molecular weight excluding hydrogens is 164 g/mol. The zero-order chi connectivity index (χ0) is 8.10. The van der Waals surface area contributed by atoms with E-state index in [9.17, 15) is 0 Å². The van der Waals surface area contributed by atoms with Crippen molar-refractivity contribution in [3.05, 3.63) is 29.3 Å². The first-order valence-electron chi connectivity index (χ1n) is 3.21. The van der Waals surface area contributed by atoms with Crippen molar-refractivity contribution in [3.8, 4) is 5.75 Å². The Morgan fingerprint density at radius 2 is 2.09 bits per heavy atom. The molecule has 0 aliphatic heterocycles. The third-order valence-corrected chi connectivity index (χ3v) is 1.48. The summed E-state index contributed by atoms with van der Waals surface area (Å²) in [4.78, 5) is 0. The van der Waals surface area contributed by atoms with Crippen LogP contribution in [0.25, 0.3) is 0 Å². The lowest BCUT2D eigenvalue weighted by Crippen LogP contribution is -1.98. The first-order chi connectivity index (χ1) is 5.34. The van der Waals surface area contributed by atoms with Crippen molar-refractivity contribution in [1.29, 1.82) is 0 Å². The van der Waals surface area contributed by atoms with E-state index >= 15 is 0 Å². The van der Waals surface area contributed by atoms with Gasteiger partial charge in [-0.1, -0.05) is 23.7 Å². The predicted octanol–water partition coefficient (Wildman–Crippen LogP) is 2.32. The van der Waals surface area contributed by atoms with Gasteiger partial charge in [-0.2, -0.15) is 0 Å². The quantitative estimate of drug-likeness (QED) is 0.652. The SMILES string of the molecule is COCOc1ccccc1Cl. The maximum Gasteiger partial charge on any atom is 0.188 e. The lowest BCUT2D eigenvalue weighted by atomic mass is 10.3. The summed E-state index contributed by atoms with van der Waals surface area (Å²) in [5, 5.41) is 0.601. The lowest BCUT2D eigenvalue weighted by molar-refractivity contribution is 0.0512. The molecule has 1 rings (SSSR count). The highest BCUT2D eigenvalue weighted by molar-refractivity contribution is 6.32. The number of halogens is 1. The van der Waals surface area contributed by atoms with Crippen LogP contribution in [0.15, 0.2) is 24.3 Å². The van der Waals surface area contributed by atoms with Crippen LogP contribution in [0, 0.1) is 0 Å². The van der Waals surface area contributed by atoms with E-state index in [4.69, 9.17) is 21.1 Å². The van der Waals surface area contributed by atoms with Gasteiger partial charge >= 0.3 is 0 Å². The minimum atomic E-state index is 0.226. The fourth-order valence-electron chi connectivity index (χ4n) is 0.684. The Kier molecular flexibility index (Phi) is 3.20. The van der Waals surface area contributed by atoms with Crippen molar-refractivity contribution in [2.45, 2.75) is 0 Å². The van der Waals surface area contributed by atoms with Crippen LogP contribution in [-0.2, 0) is 4.74 Å². The van der Waals surface area contributed by atoms with Gasteiger partial charge in [0, 0.05) is 7.11 Å². The van der Waals surface area contributed by atoms with Crippen LogP contribution in [-0.4, -0.2) is 13.9 Å². The molecule has 0 spiro atoms. The number of para-hydroxylation sites is 1. The molecular formula is C8H9ClO2. The summed E-state index contributed by atoms with van der Waals surface area (Å²) in [6.45, 7) is 0.226. The number of methoxy groups -OCH3 is 1. The summed E-state index contributed by atoms with van der Waals surface area (Å²) in [6, 6.07) is 7.27. The highest BCUT2D eigenvalue weighted by atomic mass is 35.5. The summed E-state index contributed by atoms with van der Waals surface area (Å²) in [5.41, 5.74) is 0. The number of ether oxygens (including phenoxy) is 2. The molecule has 60 valence electrons. The molecule has 11 heavy (non-hydrogen) atoms. The van der Waals surface area contributed by atoms with Gasteiger partial charge in [-0.3, -0.25) is 0 Å². The predicted molar refractivity (Wildman–Crippen MR) is 44.0 cm³/mol. The topological polar surface area (TPSA) is 18.5 Å². The molecule has 0 unspecified atom stereocenters. The third-order valence-electron chi connectivity index (χ3n) is 1.17. The summed E-state index contributed by atoms with van der Waals surface area (Å²) in [6.07, 6.45) is 0. The normalized spacial score (nSPS) is 9.64. The van der Waals surface area contributed by atoms with Gasteiger partial charge in [0.2, 0.25) is 0 Å². The van der Waals surface area contributed by atoms with Crippen molar-refractivity contribution in [3.63, 3.8) is 0 Å². The molecule has 3 heteroatoms. The molecule has 1 aromatic carbocycles. The molecule has 0 saturated heterocycles. The maximum absolute atomic E-state index is 5.78. The molecule has 0 amide bonds. The highest BCUT2D eigenvalue weighted by Crippen LogP contribution is 2.22. The fourth-order valence-corrected chi connectivity index (χ4v) is 0.874. The Balaban J connectivity index is 2.62. The molecule has 0 aromatic heterocycles. The van der Waals surface area contributed by atoms with Crippen LogP contribution in [0.1, 0.15) is 0 Å². The van der Waals surface area contributed by atoms with Gasteiger partial charge in [0.15, 0.2) is 6.79 Å². The molecule has 0 atom stereocenters. The van der Waals surface area contributed by atoms with Gasteiger partial charge in [-0.05, 0) is 12.1 Å². The lowest BCUT2D eigenvalue weighted by Gasteiger charge is -2.04. The van der Waals surface area contributed by atoms with Crippen LogP contribution in [0.3, 0.4) is 0 Å². The van der Waals surface area contributed by atoms with Gasteiger partial charge in [0.1, 0.15) is 5.75 Å². The second-order valence-corrected chi connectivity index (χ2v) is 2.39. The molecule has 0 N–H and O–H groups in total. The standard InChI is InChI=1S/C8H9ClO2/c1-10-6-11-8-5-3-2-4-7(8)9/h2-5H,6H2,1H3. The second kappa shape index (κ2) is 4.21. The Morgan fingerprint density at radius 1 is 1.36 bits per heavy atom. The van der Waals surface area contributed by atoms with E-state index in [1.165, 1.54) is 0 Å². The molecule has 0 fully saturated rings. The maximum atomic E-state index is 5.78. The molecule has 0 bridgehead atoms. The minimum absolute atomic E-state index is 0.226. The van der Waals surface area contributed by atoms with E-state index in [0.29, 0.717) is 10.8 Å². The van der Waals surface area contributed by atoms with E-state index < -0.39 is 0 Å². The van der Waals surface area contributed by atoms with E-state index in [1.807, 2.05) is 12.1 Å². The molecule has 0 radical (unpaired) electrons. The van der Waals surface area contributed by atoms with Crippen molar-refractivity contribution in [1.82, 2.24) is 0 Å². The average molecular weight is 173 g/mol. The van der Waals surface area contributed by atoms with Crippen LogP contribution < -0.4 is 4.74 Å². The van der Waals surface area contributed by atoms with Gasteiger partial charge in [-0.15, -0.1) is 0 Å². The average Bonchev–Trinajstić information content (AvgIpc) is 2.03. The number of rotatable bonds is 3. The minimum Gasteiger partial charge on any atom is -0.466 e. The van der Waals surface area contributed by atoms with Crippen molar-refractivity contribution in [2.75, 3.05) is 13.9 Å². The van der Waals surface area contributed by atoms with Gasteiger partial charge in [0.25, 0.3) is 0 Å². The van der Waals surface area contributed by atoms with Gasteiger partial charge < -0.3 is 9.47 Å². The van der Waals surface area contributed by atoms with E-state index in [-0.39, 0.29) is 6.79 Å². The first kappa shape index (κ1) is 8.37. The Bertz CT molecular complexity index is 225. The van der Waals surface area contributed by atoms with Crippen molar-refractivity contribution >= 4 is 11.6 Å². The molecule has 0 saturated carbocycles. The zero-order valence-electron chi connectivity index (χ0n) is 6.21. The molecule has 0 heterocycles. The van der Waals surface area contributed by atoms with E-state index in [2.05, 4.69) is 0 Å². The number of benzene rings is 1. The molecule has 0 aliphatic carbocycles. The smallest absolute Gasteiger partial charge is 0.188 e. The van der Waals surface area contributed by atoms with Crippen molar-refractivity contribution in [2.24, 2.45) is 0 Å². The summed E-state index contributed by atoms with van der Waals surface area (Å²) < 4.78 is 9.85. The fraction of sp³-hybridized carbons (Fsp3) is 0.250. The first-order valence-corrected chi connectivity index (χ1v) is 3.58. The van der Waals surface area contributed by atoms with Crippen molar-refractivity contribution < 1.29 is 9.47 Å². The second-order valence-electron chi connectivity index (χ2n) is 1.98. The molecule has 1 aromatic rings. The number of hydrogen-bond acceptors (Lipinski definition) is 2. The summed E-state index contributed by atoms with van der Waals surface area (Å²) >= 11 is 5.78. The van der Waals surface area contributed by atoms with Gasteiger partial charge in [0.05, 0.1) is 5.02 Å². The van der Waals surface area contributed by atoms with Crippen LogP contribution in [0.4, 0.5) is 0 Å². The summed E-state index contributed by atoms with van der Waals surface area (Å²) in [5.74, 6) is 0.649. The Labute approximate surface area is 70.7 Å². The van der Waals surface area contributed by atoms with Gasteiger partial charge in [-0.25, -0.2) is 0 Å². The molecule has 2 nitrogen and oxygen atoms in total. The molecule has 0 aliphatic rings. The highest BCUT2D eigenvalue weighted by Gasteiger charge is 1.96. The van der Waals surface area contributed by atoms with Crippen LogP contribution in [0.2, 0.25) is 5.02 Å². The van der Waals surface area contributed by atoms with E-state index in [0.717, 1.165) is 0 Å². The van der Waals surface area contributed by atoms with Crippen LogP contribution >= 0.6 is 11.6 Å². The Hall–Kier alpha value is -0.730. The summed E-state index contributed by atoms with van der Waals surface area (Å²) in [7, 11) is 1.57. The van der Waals surface area contributed by atoms with E-state index in [1.54, 1.807) is 19.2 Å². The monoisotopic (exact) mass is 172 g/mol. The third kappa shape index (κ3) is 2.41. The number of hydrogen-bond donors (Lipinski definition) is 0.